The van der Waals surface area contributed by atoms with Crippen LogP contribution in [0.15, 0.2) is 53.7 Å². The molecule has 0 atom stereocenters. The fourth-order valence-electron chi connectivity index (χ4n) is 3.44. The van der Waals surface area contributed by atoms with Crippen molar-refractivity contribution in [3.05, 3.63) is 70.9 Å². The molecule has 0 spiro atoms. The van der Waals surface area contributed by atoms with Crippen LogP contribution >= 0.6 is 24.0 Å². The zero-order valence-corrected chi connectivity index (χ0v) is 21.9. The van der Waals surface area contributed by atoms with E-state index in [1.807, 2.05) is 31.2 Å². The van der Waals surface area contributed by atoms with Gasteiger partial charge >= 0.3 is 0 Å². The number of hydrogen-bond acceptors (Lipinski definition) is 3. The molecule has 2 aromatic carbocycles. The van der Waals surface area contributed by atoms with Crippen molar-refractivity contribution in [3.63, 3.8) is 0 Å². The Morgan fingerprint density at radius 3 is 2.62 bits per heavy atom. The molecule has 1 heterocycles. The number of aromatic amines is 1. The van der Waals surface area contributed by atoms with Gasteiger partial charge in [-0.05, 0) is 55.6 Å². The molecule has 0 unspecified atom stereocenters. The highest BCUT2D eigenvalue weighted by Gasteiger charge is 2.09. The second-order valence-corrected chi connectivity index (χ2v) is 9.44. The molecule has 7 nitrogen and oxygen atoms in total. The minimum atomic E-state index is -3.29. The van der Waals surface area contributed by atoms with Gasteiger partial charge in [0.2, 0.25) is 10.0 Å². The fraction of sp³-hybridized carbons (Fsp3) is 0.348. The third kappa shape index (κ3) is 7.49. The summed E-state index contributed by atoms with van der Waals surface area (Å²) in [6.07, 6.45) is 2.95. The monoisotopic (exact) mass is 569 g/mol. The molecule has 0 fully saturated rings. The Balaban J connectivity index is 0.00000363. The maximum absolute atomic E-state index is 11.8. The van der Waals surface area contributed by atoms with Crippen LogP contribution < -0.4 is 15.4 Å². The number of aliphatic imine (C=N–C) groups is 1. The number of sulfonamides is 1. The van der Waals surface area contributed by atoms with E-state index in [4.69, 9.17) is 0 Å². The van der Waals surface area contributed by atoms with E-state index in [1.54, 1.807) is 0 Å². The quantitative estimate of drug-likeness (QED) is 0.180. The van der Waals surface area contributed by atoms with E-state index in [0.29, 0.717) is 6.54 Å². The van der Waals surface area contributed by atoms with E-state index in [1.165, 1.54) is 23.6 Å². The summed E-state index contributed by atoms with van der Waals surface area (Å²) >= 11 is 0. The van der Waals surface area contributed by atoms with Crippen molar-refractivity contribution in [2.45, 2.75) is 32.6 Å². The first kappa shape index (κ1) is 26.1. The van der Waals surface area contributed by atoms with Crippen molar-refractivity contribution in [3.8, 4) is 0 Å². The highest BCUT2D eigenvalue weighted by Crippen LogP contribution is 2.19. The first-order valence-corrected chi connectivity index (χ1v) is 12.1. The summed E-state index contributed by atoms with van der Waals surface area (Å²) in [7, 11) is -1.87. The summed E-state index contributed by atoms with van der Waals surface area (Å²) in [6, 6.07) is 14.0. The molecule has 174 valence electrons. The van der Waals surface area contributed by atoms with Crippen molar-refractivity contribution in [1.82, 2.24) is 20.3 Å². The zero-order valence-electron chi connectivity index (χ0n) is 18.7. The van der Waals surface area contributed by atoms with Crippen molar-refractivity contribution >= 4 is 50.9 Å². The molecule has 0 aliphatic rings. The van der Waals surface area contributed by atoms with Gasteiger partial charge in [0.25, 0.3) is 0 Å². The Morgan fingerprint density at radius 2 is 1.88 bits per heavy atom. The molecule has 0 bridgehead atoms. The number of halogens is 1. The number of rotatable bonds is 9. The van der Waals surface area contributed by atoms with Crippen LogP contribution in [0.25, 0.3) is 10.9 Å². The van der Waals surface area contributed by atoms with Crippen molar-refractivity contribution in [2.75, 3.05) is 20.1 Å². The van der Waals surface area contributed by atoms with Gasteiger partial charge < -0.3 is 15.6 Å². The minimum absolute atomic E-state index is 0. The van der Waals surface area contributed by atoms with Gasteiger partial charge in [-0.3, -0.25) is 0 Å². The standard InChI is InChI=1S/C23H31N5O2S.HI/c1-4-25-23(26-11-10-20-15-27-22-12-17(2)8-9-21(20)22)28-14-18-6-5-7-19(13-18)16-31(29,30)24-3;/h5-9,12-13,15,24,27H,4,10-11,14,16H2,1-3H3,(H2,25,26,28);1H. The second-order valence-electron chi connectivity index (χ2n) is 7.52. The van der Waals surface area contributed by atoms with E-state index in [-0.39, 0.29) is 29.7 Å². The largest absolute Gasteiger partial charge is 0.361 e. The Kier molecular flexibility index (Phi) is 9.98. The lowest BCUT2D eigenvalue weighted by Crippen LogP contribution is -2.38. The Bertz CT molecular complexity index is 1160. The number of aryl methyl sites for hydroxylation is 1. The maximum Gasteiger partial charge on any atom is 0.215 e. The lowest BCUT2D eigenvalue weighted by atomic mass is 10.1. The molecule has 0 saturated heterocycles. The smallest absolute Gasteiger partial charge is 0.215 e. The number of nitrogens with one attached hydrogen (secondary N) is 4. The van der Waals surface area contributed by atoms with Gasteiger partial charge in [-0.2, -0.15) is 0 Å². The Morgan fingerprint density at radius 1 is 1.09 bits per heavy atom. The van der Waals surface area contributed by atoms with Gasteiger partial charge in [-0.25, -0.2) is 18.1 Å². The molecule has 0 amide bonds. The van der Waals surface area contributed by atoms with Crippen LogP contribution in [0.5, 0.6) is 0 Å². The molecule has 0 aliphatic heterocycles. The highest BCUT2D eigenvalue weighted by atomic mass is 127. The minimum Gasteiger partial charge on any atom is -0.361 e. The van der Waals surface area contributed by atoms with E-state index in [9.17, 15) is 8.42 Å². The summed E-state index contributed by atoms with van der Waals surface area (Å²) in [4.78, 5) is 8.00. The molecule has 32 heavy (non-hydrogen) atoms. The number of H-pyrrole nitrogens is 1. The molecule has 3 aromatic rings. The van der Waals surface area contributed by atoms with Crippen LogP contribution in [0.3, 0.4) is 0 Å². The summed E-state index contributed by atoms with van der Waals surface area (Å²) in [5.74, 6) is 0.704. The van der Waals surface area contributed by atoms with Crippen LogP contribution in [-0.4, -0.2) is 39.5 Å². The van der Waals surface area contributed by atoms with Crippen LogP contribution in [0, 0.1) is 6.92 Å². The SMILES string of the molecule is CCNC(=NCc1cccc(CS(=O)(=O)NC)c1)NCCc1c[nH]c2cc(C)ccc12.I. The molecule has 9 heteroatoms. The van der Waals surface area contributed by atoms with E-state index >= 15 is 0 Å². The molecular formula is C23H32IN5O2S. The van der Waals surface area contributed by atoms with Crippen LogP contribution in [-0.2, 0) is 28.7 Å². The predicted molar refractivity (Wildman–Crippen MR) is 143 cm³/mol. The lowest BCUT2D eigenvalue weighted by Gasteiger charge is -2.11. The highest BCUT2D eigenvalue weighted by molar-refractivity contribution is 14.0. The topological polar surface area (TPSA) is 98.4 Å². The van der Waals surface area contributed by atoms with Gasteiger partial charge in [0.1, 0.15) is 0 Å². The summed E-state index contributed by atoms with van der Waals surface area (Å²) < 4.78 is 25.9. The number of fused-ring (bicyclic) bond motifs is 1. The van der Waals surface area contributed by atoms with Crippen LogP contribution in [0.2, 0.25) is 0 Å². The number of aromatic nitrogens is 1. The van der Waals surface area contributed by atoms with Gasteiger partial charge in [0.05, 0.1) is 12.3 Å². The number of nitrogens with zero attached hydrogens (tertiary/aromatic N) is 1. The maximum atomic E-state index is 11.8. The summed E-state index contributed by atoms with van der Waals surface area (Å²) in [5, 5.41) is 7.90. The first-order chi connectivity index (χ1) is 14.9. The van der Waals surface area contributed by atoms with Crippen molar-refractivity contribution in [2.24, 2.45) is 4.99 Å². The molecular weight excluding hydrogens is 537 g/mol. The number of benzene rings is 2. The van der Waals surface area contributed by atoms with Gasteiger partial charge in [0, 0.05) is 30.2 Å². The van der Waals surface area contributed by atoms with Gasteiger partial charge in [-0.15, -0.1) is 24.0 Å². The average molecular weight is 570 g/mol. The Labute approximate surface area is 207 Å². The van der Waals surface area contributed by atoms with Crippen molar-refractivity contribution in [1.29, 1.82) is 0 Å². The number of hydrogen-bond donors (Lipinski definition) is 4. The van der Waals surface area contributed by atoms with Crippen molar-refractivity contribution < 1.29 is 8.42 Å². The average Bonchev–Trinajstić information content (AvgIpc) is 3.14. The summed E-state index contributed by atoms with van der Waals surface area (Å²) in [6.45, 7) is 6.11. The lowest BCUT2D eigenvalue weighted by molar-refractivity contribution is 0.587. The van der Waals surface area contributed by atoms with Crippen LogP contribution in [0.1, 0.15) is 29.2 Å². The zero-order chi connectivity index (χ0) is 22.3. The predicted octanol–water partition coefficient (Wildman–Crippen LogP) is 3.44. The summed E-state index contributed by atoms with van der Waals surface area (Å²) in [5.41, 5.74) is 5.39. The Hall–Kier alpha value is -2.11. The van der Waals surface area contributed by atoms with E-state index in [2.05, 4.69) is 56.7 Å². The number of guanidine groups is 1. The third-order valence-corrected chi connectivity index (χ3v) is 6.37. The fourth-order valence-corrected chi connectivity index (χ4v) is 4.21. The third-order valence-electron chi connectivity index (χ3n) is 5.03. The van der Waals surface area contributed by atoms with E-state index < -0.39 is 10.0 Å². The molecule has 0 aliphatic carbocycles. The molecule has 1 aromatic heterocycles. The molecule has 4 N–H and O–H groups in total. The second kappa shape index (κ2) is 12.2. The van der Waals surface area contributed by atoms with Gasteiger partial charge in [0.15, 0.2) is 5.96 Å². The van der Waals surface area contributed by atoms with Gasteiger partial charge in [-0.1, -0.05) is 36.4 Å². The molecule has 3 rings (SSSR count). The van der Waals surface area contributed by atoms with E-state index in [0.717, 1.165) is 42.1 Å². The first-order valence-electron chi connectivity index (χ1n) is 10.5. The van der Waals surface area contributed by atoms with Crippen LogP contribution in [0.4, 0.5) is 0 Å². The normalized spacial score (nSPS) is 11.9. The molecule has 0 saturated carbocycles. The molecule has 0 radical (unpaired) electrons.